The van der Waals surface area contributed by atoms with E-state index >= 15 is 0 Å². The van der Waals surface area contributed by atoms with Gasteiger partial charge in [0.25, 0.3) is 5.91 Å². The third-order valence-electron chi connectivity index (χ3n) is 2.38. The van der Waals surface area contributed by atoms with Crippen molar-refractivity contribution < 1.29 is 14.1 Å². The minimum atomic E-state index is -0.581. The highest BCUT2D eigenvalue weighted by molar-refractivity contribution is 5.98. The van der Waals surface area contributed by atoms with Crippen LogP contribution in [0.2, 0.25) is 0 Å². The highest BCUT2D eigenvalue weighted by atomic mass is 16.5. The summed E-state index contributed by atoms with van der Waals surface area (Å²) >= 11 is 0. The molecule has 0 radical (unpaired) electrons. The van der Waals surface area contributed by atoms with Gasteiger partial charge in [0.1, 0.15) is 0 Å². The van der Waals surface area contributed by atoms with E-state index in [1.54, 1.807) is 25.1 Å². The van der Waals surface area contributed by atoms with Crippen molar-refractivity contribution in [2.24, 2.45) is 5.73 Å². The highest BCUT2D eigenvalue weighted by Crippen LogP contribution is 2.05. The Kier molecular flexibility index (Phi) is 3.56. The van der Waals surface area contributed by atoms with E-state index in [-0.39, 0.29) is 18.0 Å². The molecule has 3 N–H and O–H groups in total. The molecule has 2 aromatic rings. The van der Waals surface area contributed by atoms with Crippen molar-refractivity contribution in [3.63, 3.8) is 0 Å². The second-order valence-corrected chi connectivity index (χ2v) is 3.86. The van der Waals surface area contributed by atoms with Gasteiger partial charge < -0.3 is 15.6 Å². The van der Waals surface area contributed by atoms with Gasteiger partial charge in [-0.05, 0) is 25.1 Å². The molecule has 1 aromatic heterocycles. The smallest absolute Gasteiger partial charge is 0.251 e. The lowest BCUT2D eigenvalue weighted by molar-refractivity contribution is 0.0946. The summed E-state index contributed by atoms with van der Waals surface area (Å²) in [5, 5.41) is 6.21. The third-order valence-corrected chi connectivity index (χ3v) is 2.38. The van der Waals surface area contributed by atoms with Crippen molar-refractivity contribution in [3.8, 4) is 0 Å². The van der Waals surface area contributed by atoms with E-state index in [2.05, 4.69) is 15.5 Å². The summed E-state index contributed by atoms with van der Waals surface area (Å²) in [6, 6.07) is 6.14. The molecular formula is C12H12N4O3. The maximum Gasteiger partial charge on any atom is 0.251 e. The molecule has 0 unspecified atom stereocenters. The van der Waals surface area contributed by atoms with Gasteiger partial charge >= 0.3 is 0 Å². The molecule has 0 atom stereocenters. The molecule has 98 valence electrons. The fourth-order valence-electron chi connectivity index (χ4n) is 1.48. The molecule has 0 saturated heterocycles. The van der Waals surface area contributed by atoms with Crippen LogP contribution in [0.4, 0.5) is 0 Å². The highest BCUT2D eigenvalue weighted by Gasteiger charge is 2.10. The summed E-state index contributed by atoms with van der Waals surface area (Å²) in [5.74, 6) is -0.113. The van der Waals surface area contributed by atoms with E-state index < -0.39 is 5.91 Å². The number of benzene rings is 1. The fourth-order valence-corrected chi connectivity index (χ4v) is 1.48. The number of hydrogen-bond acceptors (Lipinski definition) is 5. The van der Waals surface area contributed by atoms with Crippen LogP contribution in [0.3, 0.4) is 0 Å². The zero-order valence-electron chi connectivity index (χ0n) is 10.2. The molecule has 0 aliphatic carbocycles. The Morgan fingerprint density at radius 1 is 1.37 bits per heavy atom. The van der Waals surface area contributed by atoms with Gasteiger partial charge in [-0.2, -0.15) is 4.98 Å². The predicted octanol–water partition coefficient (Wildman–Crippen LogP) is 0.407. The van der Waals surface area contributed by atoms with Crippen LogP contribution in [0.1, 0.15) is 32.4 Å². The summed E-state index contributed by atoms with van der Waals surface area (Å²) in [4.78, 5) is 26.8. The van der Waals surface area contributed by atoms with Crippen LogP contribution in [0.15, 0.2) is 28.8 Å². The van der Waals surface area contributed by atoms with E-state index in [0.717, 1.165) is 0 Å². The molecule has 7 nitrogen and oxygen atoms in total. The minimum Gasteiger partial charge on any atom is -0.366 e. The van der Waals surface area contributed by atoms with Crippen molar-refractivity contribution >= 4 is 11.8 Å². The lowest BCUT2D eigenvalue weighted by atomic mass is 10.1. The van der Waals surface area contributed by atoms with Crippen LogP contribution in [0.25, 0.3) is 0 Å². The fraction of sp³-hybridized carbons (Fsp3) is 0.167. The number of primary amides is 1. The molecule has 0 aliphatic heterocycles. The number of amides is 2. The topological polar surface area (TPSA) is 111 Å². The number of aryl methyl sites for hydroxylation is 1. The maximum absolute atomic E-state index is 11.8. The Labute approximate surface area is 108 Å². The molecule has 19 heavy (non-hydrogen) atoms. The average molecular weight is 260 g/mol. The molecule has 2 amide bonds. The standard InChI is InChI=1S/C12H12N4O3/c1-7-15-10(19-16-7)6-14-12(18)9-4-2-3-8(5-9)11(13)17/h2-5H,6H2,1H3,(H2,13,17)(H,14,18). The van der Waals surface area contributed by atoms with E-state index in [0.29, 0.717) is 17.3 Å². The van der Waals surface area contributed by atoms with Gasteiger partial charge in [0.05, 0.1) is 6.54 Å². The summed E-state index contributed by atoms with van der Waals surface area (Å²) in [7, 11) is 0. The Balaban J connectivity index is 2.03. The van der Waals surface area contributed by atoms with Gasteiger partial charge in [0, 0.05) is 11.1 Å². The lowest BCUT2D eigenvalue weighted by Gasteiger charge is -2.03. The number of hydrogen-bond donors (Lipinski definition) is 2. The monoisotopic (exact) mass is 260 g/mol. The second kappa shape index (κ2) is 5.30. The van der Waals surface area contributed by atoms with Gasteiger partial charge in [0.2, 0.25) is 11.8 Å². The molecule has 0 bridgehead atoms. The zero-order valence-corrected chi connectivity index (χ0v) is 10.2. The molecule has 7 heteroatoms. The summed E-state index contributed by atoms with van der Waals surface area (Å²) in [5.41, 5.74) is 5.77. The number of carbonyl (C=O) groups excluding carboxylic acids is 2. The van der Waals surface area contributed by atoms with E-state index in [1.807, 2.05) is 0 Å². The first-order valence-corrected chi connectivity index (χ1v) is 5.53. The first kappa shape index (κ1) is 12.7. The summed E-state index contributed by atoms with van der Waals surface area (Å²) < 4.78 is 4.86. The van der Waals surface area contributed by atoms with Crippen molar-refractivity contribution in [2.75, 3.05) is 0 Å². The maximum atomic E-state index is 11.8. The zero-order chi connectivity index (χ0) is 13.8. The molecule has 0 saturated carbocycles. The number of nitrogens with two attached hydrogens (primary N) is 1. The Bertz CT molecular complexity index is 621. The second-order valence-electron chi connectivity index (χ2n) is 3.86. The van der Waals surface area contributed by atoms with Crippen LogP contribution in [0.5, 0.6) is 0 Å². The average Bonchev–Trinajstić information content (AvgIpc) is 2.82. The van der Waals surface area contributed by atoms with Crippen LogP contribution in [-0.4, -0.2) is 22.0 Å². The third kappa shape index (κ3) is 3.15. The van der Waals surface area contributed by atoms with Crippen molar-refractivity contribution in [2.45, 2.75) is 13.5 Å². The number of nitrogens with zero attached hydrogens (tertiary/aromatic N) is 2. The van der Waals surface area contributed by atoms with Crippen LogP contribution >= 0.6 is 0 Å². The first-order valence-electron chi connectivity index (χ1n) is 5.53. The molecule has 2 rings (SSSR count). The lowest BCUT2D eigenvalue weighted by Crippen LogP contribution is -2.23. The number of nitrogens with one attached hydrogen (secondary N) is 1. The van der Waals surface area contributed by atoms with E-state index in [4.69, 9.17) is 10.3 Å². The number of rotatable bonds is 4. The van der Waals surface area contributed by atoms with Gasteiger partial charge in [0.15, 0.2) is 5.82 Å². The van der Waals surface area contributed by atoms with E-state index in [9.17, 15) is 9.59 Å². The molecular weight excluding hydrogens is 248 g/mol. The molecule has 0 fully saturated rings. The van der Waals surface area contributed by atoms with Gasteiger partial charge in [-0.25, -0.2) is 0 Å². The molecule has 1 aromatic carbocycles. The predicted molar refractivity (Wildman–Crippen MR) is 65.2 cm³/mol. The summed E-state index contributed by atoms with van der Waals surface area (Å²) in [6.07, 6.45) is 0. The van der Waals surface area contributed by atoms with Gasteiger partial charge in [-0.1, -0.05) is 11.2 Å². The van der Waals surface area contributed by atoms with Crippen LogP contribution in [-0.2, 0) is 6.54 Å². The Morgan fingerprint density at radius 2 is 2.11 bits per heavy atom. The SMILES string of the molecule is Cc1noc(CNC(=O)c2cccc(C(N)=O)c2)n1. The first-order chi connectivity index (χ1) is 9.06. The largest absolute Gasteiger partial charge is 0.366 e. The van der Waals surface area contributed by atoms with Gasteiger partial charge in [-0.3, -0.25) is 9.59 Å². The number of carbonyl (C=O) groups is 2. The van der Waals surface area contributed by atoms with Crippen LogP contribution < -0.4 is 11.1 Å². The van der Waals surface area contributed by atoms with Crippen molar-refractivity contribution in [1.82, 2.24) is 15.5 Å². The van der Waals surface area contributed by atoms with E-state index in [1.165, 1.54) is 6.07 Å². The number of aromatic nitrogens is 2. The molecule has 1 heterocycles. The van der Waals surface area contributed by atoms with Gasteiger partial charge in [-0.15, -0.1) is 0 Å². The minimum absolute atomic E-state index is 0.125. The van der Waals surface area contributed by atoms with Crippen molar-refractivity contribution in [3.05, 3.63) is 47.1 Å². The quantitative estimate of drug-likeness (QED) is 0.826. The summed E-state index contributed by atoms with van der Waals surface area (Å²) in [6.45, 7) is 1.81. The molecule has 0 aliphatic rings. The Hall–Kier alpha value is -2.70. The normalized spacial score (nSPS) is 10.2. The Morgan fingerprint density at radius 3 is 2.74 bits per heavy atom. The van der Waals surface area contributed by atoms with Crippen molar-refractivity contribution in [1.29, 1.82) is 0 Å². The van der Waals surface area contributed by atoms with Crippen LogP contribution in [0, 0.1) is 6.92 Å². The molecule has 0 spiro atoms.